The molecule has 1 saturated heterocycles. The number of carbonyl (C=O) groups excluding carboxylic acids is 1. The van der Waals surface area contributed by atoms with Crippen LogP contribution in [0.1, 0.15) is 13.3 Å². The van der Waals surface area contributed by atoms with Crippen LogP contribution < -0.4 is 5.32 Å². The average Bonchev–Trinajstić information content (AvgIpc) is 2.76. The molecule has 1 unspecified atom stereocenters. The fourth-order valence-electron chi connectivity index (χ4n) is 2.04. The zero-order valence-corrected chi connectivity index (χ0v) is 10.5. The topological polar surface area (TPSA) is 69.6 Å². The van der Waals surface area contributed by atoms with E-state index in [1.807, 2.05) is 0 Å². The number of amides is 2. The average molecular weight is 266 g/mol. The summed E-state index contributed by atoms with van der Waals surface area (Å²) >= 11 is 0. The third-order valence-electron chi connectivity index (χ3n) is 3.37. The second-order valence-electron chi connectivity index (χ2n) is 4.97. The lowest BCUT2D eigenvalue weighted by molar-refractivity contribution is -0.146. The monoisotopic (exact) mass is 266 g/mol. The largest absolute Gasteiger partial charge is 0.481 e. The Hall–Kier alpha value is -2.11. The minimum atomic E-state index is -0.899. The summed E-state index contributed by atoms with van der Waals surface area (Å²) in [5.41, 5.74) is -0.407. The van der Waals surface area contributed by atoms with Crippen molar-refractivity contribution in [2.45, 2.75) is 13.3 Å². The van der Waals surface area contributed by atoms with Gasteiger partial charge in [0.1, 0.15) is 5.82 Å². The number of carbonyl (C=O) groups is 2. The highest BCUT2D eigenvalue weighted by Crippen LogP contribution is 2.30. The van der Waals surface area contributed by atoms with Gasteiger partial charge in [0.05, 0.1) is 5.41 Å². The third-order valence-corrected chi connectivity index (χ3v) is 3.37. The Balaban J connectivity index is 1.98. The van der Waals surface area contributed by atoms with Crippen molar-refractivity contribution in [1.29, 1.82) is 0 Å². The Morgan fingerprint density at radius 2 is 2.00 bits per heavy atom. The molecule has 2 amide bonds. The van der Waals surface area contributed by atoms with Crippen molar-refractivity contribution in [1.82, 2.24) is 4.90 Å². The summed E-state index contributed by atoms with van der Waals surface area (Å²) in [6.45, 7) is 2.20. The van der Waals surface area contributed by atoms with Crippen LogP contribution in [-0.4, -0.2) is 35.1 Å². The van der Waals surface area contributed by atoms with Crippen molar-refractivity contribution in [2.75, 3.05) is 18.4 Å². The number of halogens is 1. The van der Waals surface area contributed by atoms with E-state index in [4.69, 9.17) is 5.11 Å². The second-order valence-corrected chi connectivity index (χ2v) is 4.97. The Morgan fingerprint density at radius 3 is 2.53 bits per heavy atom. The summed E-state index contributed by atoms with van der Waals surface area (Å²) in [4.78, 5) is 24.5. The Labute approximate surface area is 110 Å². The first-order valence-corrected chi connectivity index (χ1v) is 5.96. The first kappa shape index (κ1) is 13.3. The van der Waals surface area contributed by atoms with Crippen LogP contribution in [0.5, 0.6) is 0 Å². The van der Waals surface area contributed by atoms with Gasteiger partial charge in [0, 0.05) is 18.8 Å². The molecule has 19 heavy (non-hydrogen) atoms. The third kappa shape index (κ3) is 2.83. The quantitative estimate of drug-likeness (QED) is 0.861. The minimum Gasteiger partial charge on any atom is -0.481 e. The van der Waals surface area contributed by atoms with Gasteiger partial charge >= 0.3 is 12.0 Å². The highest BCUT2D eigenvalue weighted by molar-refractivity contribution is 5.90. The maximum atomic E-state index is 12.7. The standard InChI is InChI=1S/C13H15FN2O3/c1-13(11(17)18)6-7-16(8-13)12(19)15-10-4-2-9(14)3-5-10/h2-5H,6-8H2,1H3,(H,15,19)(H,17,18). The first-order valence-electron chi connectivity index (χ1n) is 5.96. The van der Waals surface area contributed by atoms with E-state index < -0.39 is 11.4 Å². The molecule has 1 aromatic carbocycles. The summed E-state index contributed by atoms with van der Waals surface area (Å²) in [5.74, 6) is -1.28. The van der Waals surface area contributed by atoms with Crippen molar-refractivity contribution in [3.05, 3.63) is 30.1 Å². The minimum absolute atomic E-state index is 0.176. The van der Waals surface area contributed by atoms with Crippen molar-refractivity contribution in [3.63, 3.8) is 0 Å². The molecule has 2 N–H and O–H groups in total. The van der Waals surface area contributed by atoms with E-state index in [1.54, 1.807) is 6.92 Å². The molecule has 2 rings (SSSR count). The van der Waals surface area contributed by atoms with Crippen LogP contribution in [0.2, 0.25) is 0 Å². The molecule has 1 atom stereocenters. The van der Waals surface area contributed by atoms with Crippen LogP contribution in [0.25, 0.3) is 0 Å². The smallest absolute Gasteiger partial charge is 0.321 e. The number of rotatable bonds is 2. The van der Waals surface area contributed by atoms with Crippen LogP contribution >= 0.6 is 0 Å². The molecule has 0 aromatic heterocycles. The van der Waals surface area contributed by atoms with Crippen LogP contribution in [0, 0.1) is 11.2 Å². The van der Waals surface area contributed by atoms with Gasteiger partial charge in [0.2, 0.25) is 0 Å². The van der Waals surface area contributed by atoms with E-state index in [0.717, 1.165) is 0 Å². The van der Waals surface area contributed by atoms with Gasteiger partial charge in [-0.05, 0) is 37.6 Å². The zero-order chi connectivity index (χ0) is 14.0. The molecule has 0 radical (unpaired) electrons. The number of benzene rings is 1. The van der Waals surface area contributed by atoms with E-state index >= 15 is 0 Å². The predicted molar refractivity (Wildman–Crippen MR) is 67.4 cm³/mol. The Bertz CT molecular complexity index is 503. The molecule has 5 nitrogen and oxygen atoms in total. The highest BCUT2D eigenvalue weighted by atomic mass is 19.1. The summed E-state index contributed by atoms with van der Waals surface area (Å²) in [5, 5.41) is 11.7. The SMILES string of the molecule is CC1(C(=O)O)CCN(C(=O)Nc2ccc(F)cc2)C1. The molecule has 0 saturated carbocycles. The number of aliphatic carboxylic acids is 1. The summed E-state index contributed by atoms with van der Waals surface area (Å²) < 4.78 is 12.7. The van der Waals surface area contributed by atoms with Crippen LogP contribution in [0.4, 0.5) is 14.9 Å². The fourth-order valence-corrected chi connectivity index (χ4v) is 2.04. The summed E-state index contributed by atoms with van der Waals surface area (Å²) in [7, 11) is 0. The molecule has 1 fully saturated rings. The Morgan fingerprint density at radius 1 is 1.37 bits per heavy atom. The molecule has 1 aliphatic heterocycles. The number of urea groups is 1. The fraction of sp³-hybridized carbons (Fsp3) is 0.385. The number of likely N-dealkylation sites (tertiary alicyclic amines) is 1. The van der Waals surface area contributed by atoms with Gasteiger partial charge in [-0.2, -0.15) is 0 Å². The molecule has 1 aliphatic rings. The molecular formula is C13H15FN2O3. The molecular weight excluding hydrogens is 251 g/mol. The number of hydrogen-bond donors (Lipinski definition) is 2. The number of nitrogens with one attached hydrogen (secondary N) is 1. The Kier molecular flexibility index (Phi) is 3.42. The number of carboxylic acids is 1. The van der Waals surface area contributed by atoms with Crippen molar-refractivity contribution in [3.8, 4) is 0 Å². The molecule has 0 aliphatic carbocycles. The molecule has 1 heterocycles. The number of anilines is 1. The number of hydrogen-bond acceptors (Lipinski definition) is 2. The molecule has 0 spiro atoms. The number of nitrogens with zero attached hydrogens (tertiary/aromatic N) is 1. The zero-order valence-electron chi connectivity index (χ0n) is 10.5. The van der Waals surface area contributed by atoms with Gasteiger partial charge < -0.3 is 15.3 Å². The normalized spacial score (nSPS) is 22.3. The van der Waals surface area contributed by atoms with Crippen LogP contribution in [0.15, 0.2) is 24.3 Å². The van der Waals surface area contributed by atoms with Gasteiger partial charge in [-0.3, -0.25) is 4.79 Å². The maximum Gasteiger partial charge on any atom is 0.321 e. The maximum absolute atomic E-state index is 12.7. The van der Waals surface area contributed by atoms with E-state index in [1.165, 1.54) is 29.2 Å². The van der Waals surface area contributed by atoms with Gasteiger partial charge in [-0.15, -0.1) is 0 Å². The molecule has 0 bridgehead atoms. The summed E-state index contributed by atoms with van der Waals surface area (Å²) in [6.07, 6.45) is 0.430. The molecule has 1 aromatic rings. The van der Waals surface area contributed by atoms with E-state index in [-0.39, 0.29) is 18.4 Å². The molecule has 102 valence electrons. The van der Waals surface area contributed by atoms with Gasteiger partial charge in [0.25, 0.3) is 0 Å². The summed E-state index contributed by atoms with van der Waals surface area (Å²) in [6, 6.07) is 5.05. The van der Waals surface area contributed by atoms with Gasteiger partial charge in [0.15, 0.2) is 0 Å². The number of carboxylic acid groups (broad SMARTS) is 1. The van der Waals surface area contributed by atoms with Crippen molar-refractivity contribution in [2.24, 2.45) is 5.41 Å². The second kappa shape index (κ2) is 4.87. The molecule has 6 heteroatoms. The first-order chi connectivity index (χ1) is 8.90. The predicted octanol–water partition coefficient (Wildman–Crippen LogP) is 2.15. The van der Waals surface area contributed by atoms with Gasteiger partial charge in [-0.1, -0.05) is 0 Å². The highest BCUT2D eigenvalue weighted by Gasteiger charge is 2.42. The lowest BCUT2D eigenvalue weighted by atomic mass is 9.90. The lowest BCUT2D eigenvalue weighted by Gasteiger charge is -2.20. The van der Waals surface area contributed by atoms with E-state index in [2.05, 4.69) is 5.32 Å². The van der Waals surface area contributed by atoms with Crippen molar-refractivity contribution < 1.29 is 19.1 Å². The van der Waals surface area contributed by atoms with Crippen LogP contribution in [-0.2, 0) is 4.79 Å². The van der Waals surface area contributed by atoms with Gasteiger partial charge in [-0.25, -0.2) is 9.18 Å². The van der Waals surface area contributed by atoms with E-state index in [0.29, 0.717) is 18.7 Å². The lowest BCUT2D eigenvalue weighted by Crippen LogP contribution is -2.37. The van der Waals surface area contributed by atoms with Crippen molar-refractivity contribution >= 4 is 17.7 Å². The van der Waals surface area contributed by atoms with E-state index in [9.17, 15) is 14.0 Å². The van der Waals surface area contributed by atoms with Crippen LogP contribution in [0.3, 0.4) is 0 Å².